The van der Waals surface area contributed by atoms with E-state index in [0.717, 1.165) is 12.8 Å². The third kappa shape index (κ3) is 3.35. The van der Waals surface area contributed by atoms with Crippen LogP contribution in [-0.2, 0) is 9.53 Å². The Morgan fingerprint density at radius 3 is 2.17 bits per heavy atom. The molecule has 0 aliphatic carbocycles. The van der Waals surface area contributed by atoms with Crippen molar-refractivity contribution in [2.24, 2.45) is 5.92 Å². The highest BCUT2D eigenvalue weighted by Gasteiger charge is 2.27. The van der Waals surface area contributed by atoms with Crippen molar-refractivity contribution in [3.63, 3.8) is 0 Å². The molecular formula is C12H20N2O4. The van der Waals surface area contributed by atoms with Gasteiger partial charge >= 0.3 is 12.0 Å². The molecule has 102 valence electrons. The molecule has 1 N–H and O–H groups in total. The first-order valence-corrected chi connectivity index (χ1v) is 6.50. The largest absolute Gasteiger partial charge is 0.481 e. The number of amides is 2. The molecule has 0 aromatic carbocycles. The first kappa shape index (κ1) is 13.1. The molecule has 0 radical (unpaired) electrons. The molecule has 2 heterocycles. The lowest BCUT2D eigenvalue weighted by atomic mass is 9.94. The number of aliphatic carboxylic acids is 1. The topological polar surface area (TPSA) is 70.1 Å². The number of likely N-dealkylation sites (tertiary alicyclic amines) is 1. The average Bonchev–Trinajstić information content (AvgIpc) is 2.39. The first-order chi connectivity index (χ1) is 8.66. The van der Waals surface area contributed by atoms with E-state index in [2.05, 4.69) is 0 Å². The molecule has 0 bridgehead atoms. The van der Waals surface area contributed by atoms with Crippen molar-refractivity contribution in [3.05, 3.63) is 0 Å². The van der Waals surface area contributed by atoms with Gasteiger partial charge in [0, 0.05) is 32.6 Å². The number of morpholine rings is 1. The van der Waals surface area contributed by atoms with Crippen molar-refractivity contribution in [3.8, 4) is 0 Å². The van der Waals surface area contributed by atoms with Gasteiger partial charge in [-0.05, 0) is 18.8 Å². The fourth-order valence-corrected chi connectivity index (χ4v) is 2.53. The minimum absolute atomic E-state index is 0.0760. The first-order valence-electron chi connectivity index (χ1n) is 6.50. The van der Waals surface area contributed by atoms with Crippen LogP contribution < -0.4 is 0 Å². The maximum Gasteiger partial charge on any atom is 0.320 e. The summed E-state index contributed by atoms with van der Waals surface area (Å²) in [5.41, 5.74) is 0. The monoisotopic (exact) mass is 256 g/mol. The summed E-state index contributed by atoms with van der Waals surface area (Å²) in [6, 6.07) is 0.0760. The molecule has 0 saturated carbocycles. The molecule has 0 atom stereocenters. The lowest BCUT2D eigenvalue weighted by Crippen LogP contribution is -2.50. The normalized spacial score (nSPS) is 22.0. The summed E-state index contributed by atoms with van der Waals surface area (Å²) in [5, 5.41) is 8.74. The van der Waals surface area contributed by atoms with Crippen LogP contribution in [0.25, 0.3) is 0 Å². The fourth-order valence-electron chi connectivity index (χ4n) is 2.53. The van der Waals surface area contributed by atoms with Crippen LogP contribution in [0.2, 0.25) is 0 Å². The number of ether oxygens (including phenoxy) is 1. The highest BCUT2D eigenvalue weighted by Crippen LogP contribution is 2.21. The Balaban J connectivity index is 1.78. The highest BCUT2D eigenvalue weighted by molar-refractivity contribution is 5.74. The van der Waals surface area contributed by atoms with Crippen LogP contribution in [-0.4, -0.2) is 66.3 Å². The Hall–Kier alpha value is -1.30. The number of rotatable bonds is 2. The zero-order valence-electron chi connectivity index (χ0n) is 10.5. The van der Waals surface area contributed by atoms with Crippen LogP contribution >= 0.6 is 0 Å². The second kappa shape index (κ2) is 6.04. The molecule has 0 aromatic rings. The summed E-state index contributed by atoms with van der Waals surface area (Å²) in [6.45, 7) is 3.90. The Morgan fingerprint density at radius 2 is 1.61 bits per heavy atom. The Bertz CT molecular complexity index is 307. The predicted octanol–water partition coefficient (Wildman–Crippen LogP) is 0.625. The van der Waals surface area contributed by atoms with E-state index in [1.54, 1.807) is 0 Å². The molecule has 2 amide bonds. The fraction of sp³-hybridized carbons (Fsp3) is 0.833. The van der Waals surface area contributed by atoms with E-state index in [1.165, 1.54) is 0 Å². The molecule has 2 rings (SSSR count). The van der Waals surface area contributed by atoms with Crippen molar-refractivity contribution in [1.82, 2.24) is 9.80 Å². The second-order valence-electron chi connectivity index (χ2n) is 4.91. The molecule has 2 saturated heterocycles. The van der Waals surface area contributed by atoms with Gasteiger partial charge in [0.15, 0.2) is 0 Å². The van der Waals surface area contributed by atoms with Crippen LogP contribution in [0.4, 0.5) is 4.79 Å². The second-order valence-corrected chi connectivity index (χ2v) is 4.91. The van der Waals surface area contributed by atoms with Gasteiger partial charge in [-0.25, -0.2) is 4.79 Å². The molecule has 2 aliphatic heterocycles. The predicted molar refractivity (Wildman–Crippen MR) is 64.3 cm³/mol. The number of nitrogens with zero attached hydrogens (tertiary/aromatic N) is 2. The van der Waals surface area contributed by atoms with Crippen LogP contribution in [0, 0.1) is 5.92 Å². The smallest absolute Gasteiger partial charge is 0.320 e. The van der Waals surface area contributed by atoms with Crippen LogP contribution in [0.15, 0.2) is 0 Å². The standard InChI is InChI=1S/C12H20N2O4/c15-11(16)9-10-1-3-13(4-2-10)12(17)14-5-7-18-8-6-14/h10H,1-9H2,(H,15,16). The van der Waals surface area contributed by atoms with E-state index < -0.39 is 5.97 Å². The molecule has 0 unspecified atom stereocenters. The average molecular weight is 256 g/mol. The molecule has 0 spiro atoms. The summed E-state index contributed by atoms with van der Waals surface area (Å²) in [6.07, 6.45) is 1.81. The van der Waals surface area contributed by atoms with Crippen molar-refractivity contribution < 1.29 is 19.4 Å². The number of carbonyl (C=O) groups is 2. The number of carboxylic acid groups (broad SMARTS) is 1. The Kier molecular flexibility index (Phi) is 4.41. The molecule has 18 heavy (non-hydrogen) atoms. The maximum absolute atomic E-state index is 12.2. The van der Waals surface area contributed by atoms with Gasteiger partial charge in [-0.2, -0.15) is 0 Å². The van der Waals surface area contributed by atoms with E-state index in [0.29, 0.717) is 39.4 Å². The third-order valence-corrected chi connectivity index (χ3v) is 3.63. The molecule has 6 nitrogen and oxygen atoms in total. The van der Waals surface area contributed by atoms with Gasteiger partial charge in [0.25, 0.3) is 0 Å². The van der Waals surface area contributed by atoms with Gasteiger partial charge in [0.05, 0.1) is 13.2 Å². The molecule has 2 fully saturated rings. The lowest BCUT2D eigenvalue weighted by molar-refractivity contribution is -0.138. The summed E-state index contributed by atoms with van der Waals surface area (Å²) < 4.78 is 5.22. The van der Waals surface area contributed by atoms with E-state index in [-0.39, 0.29) is 18.4 Å². The number of hydrogen-bond acceptors (Lipinski definition) is 3. The number of piperidine rings is 1. The lowest BCUT2D eigenvalue weighted by Gasteiger charge is -2.36. The SMILES string of the molecule is O=C(O)CC1CCN(C(=O)N2CCOCC2)CC1. The maximum atomic E-state index is 12.2. The van der Waals surface area contributed by atoms with Gasteiger partial charge < -0.3 is 19.6 Å². The van der Waals surface area contributed by atoms with Crippen molar-refractivity contribution in [2.75, 3.05) is 39.4 Å². The zero-order chi connectivity index (χ0) is 13.0. The minimum Gasteiger partial charge on any atom is -0.481 e. The van der Waals surface area contributed by atoms with E-state index in [9.17, 15) is 9.59 Å². The summed E-state index contributed by atoms with van der Waals surface area (Å²) in [5.74, 6) is -0.524. The summed E-state index contributed by atoms with van der Waals surface area (Å²) in [4.78, 5) is 26.4. The van der Waals surface area contributed by atoms with Crippen LogP contribution in [0.5, 0.6) is 0 Å². The third-order valence-electron chi connectivity index (χ3n) is 3.63. The highest BCUT2D eigenvalue weighted by atomic mass is 16.5. The Labute approximate surface area is 106 Å². The van der Waals surface area contributed by atoms with Gasteiger partial charge in [-0.1, -0.05) is 0 Å². The zero-order valence-corrected chi connectivity index (χ0v) is 10.5. The van der Waals surface area contributed by atoms with Crippen LogP contribution in [0.3, 0.4) is 0 Å². The summed E-state index contributed by atoms with van der Waals surface area (Å²) in [7, 11) is 0. The van der Waals surface area contributed by atoms with E-state index in [1.807, 2.05) is 9.80 Å². The molecule has 2 aliphatic rings. The minimum atomic E-state index is -0.743. The number of hydrogen-bond donors (Lipinski definition) is 1. The van der Waals surface area contributed by atoms with Crippen molar-refractivity contribution in [1.29, 1.82) is 0 Å². The number of carboxylic acids is 1. The van der Waals surface area contributed by atoms with Gasteiger partial charge in [0.1, 0.15) is 0 Å². The number of urea groups is 1. The van der Waals surface area contributed by atoms with Crippen molar-refractivity contribution >= 4 is 12.0 Å². The molecular weight excluding hydrogens is 236 g/mol. The molecule has 0 aromatic heterocycles. The quantitative estimate of drug-likeness (QED) is 0.786. The van der Waals surface area contributed by atoms with Gasteiger partial charge in [-0.15, -0.1) is 0 Å². The van der Waals surface area contributed by atoms with Crippen molar-refractivity contribution in [2.45, 2.75) is 19.3 Å². The van der Waals surface area contributed by atoms with Gasteiger partial charge in [0.2, 0.25) is 0 Å². The van der Waals surface area contributed by atoms with E-state index >= 15 is 0 Å². The summed E-state index contributed by atoms with van der Waals surface area (Å²) >= 11 is 0. The Morgan fingerprint density at radius 1 is 1.06 bits per heavy atom. The van der Waals surface area contributed by atoms with Gasteiger partial charge in [-0.3, -0.25) is 4.79 Å². The molecule has 6 heteroatoms. The number of carbonyl (C=O) groups excluding carboxylic acids is 1. The van der Waals surface area contributed by atoms with E-state index in [4.69, 9.17) is 9.84 Å². The van der Waals surface area contributed by atoms with Crippen LogP contribution in [0.1, 0.15) is 19.3 Å².